The molecule has 8 heteroatoms. The van der Waals surface area contributed by atoms with E-state index in [9.17, 15) is 14.9 Å². The van der Waals surface area contributed by atoms with Crippen molar-refractivity contribution in [2.24, 2.45) is 0 Å². The van der Waals surface area contributed by atoms with Crippen LogP contribution in [0.25, 0.3) is 0 Å². The van der Waals surface area contributed by atoms with Crippen LogP contribution in [0.4, 0.5) is 11.4 Å². The molecule has 1 aromatic carbocycles. The summed E-state index contributed by atoms with van der Waals surface area (Å²) in [7, 11) is 0. The maximum Gasteiger partial charge on any atom is 0.335 e. The number of aromatic carboxylic acids is 1. The predicted molar refractivity (Wildman–Crippen MR) is 66.3 cm³/mol. The first-order valence-corrected chi connectivity index (χ1v) is 5.34. The molecule has 8 nitrogen and oxygen atoms in total. The molecule has 0 aliphatic rings. The highest BCUT2D eigenvalue weighted by atomic mass is 16.6. The maximum absolute atomic E-state index is 10.9. The minimum absolute atomic E-state index is 0.0736. The van der Waals surface area contributed by atoms with Crippen LogP contribution in [0.2, 0.25) is 0 Å². The third-order valence-electron chi connectivity index (χ3n) is 2.57. The first-order chi connectivity index (χ1) is 8.83. The number of nitro benzene ring substituents is 1. The Kier molecular flexibility index (Phi) is 4.41. The zero-order chi connectivity index (χ0) is 14.6. The van der Waals surface area contributed by atoms with Gasteiger partial charge in [-0.3, -0.25) is 10.1 Å². The van der Waals surface area contributed by atoms with Gasteiger partial charge in [0.25, 0.3) is 5.69 Å². The number of anilines is 1. The van der Waals surface area contributed by atoms with Crippen molar-refractivity contribution in [3.8, 4) is 0 Å². The normalized spacial score (nSPS) is 11.1. The van der Waals surface area contributed by atoms with Gasteiger partial charge in [0.1, 0.15) is 5.69 Å². The van der Waals surface area contributed by atoms with E-state index in [0.29, 0.717) is 0 Å². The molecule has 0 radical (unpaired) electrons. The number of nitro groups is 1. The summed E-state index contributed by atoms with van der Waals surface area (Å²) in [5.41, 5.74) is -1.73. The van der Waals surface area contributed by atoms with E-state index in [4.69, 9.17) is 15.3 Å². The Morgan fingerprint density at radius 1 is 1.42 bits per heavy atom. The molecule has 0 aromatic heterocycles. The minimum Gasteiger partial charge on any atom is -0.478 e. The second-order valence-electron chi connectivity index (χ2n) is 4.30. The van der Waals surface area contributed by atoms with Gasteiger partial charge >= 0.3 is 5.97 Å². The van der Waals surface area contributed by atoms with Crippen molar-refractivity contribution in [2.45, 2.75) is 12.5 Å². The van der Waals surface area contributed by atoms with Crippen LogP contribution >= 0.6 is 0 Å². The summed E-state index contributed by atoms with van der Waals surface area (Å²) in [5, 5.41) is 40.6. The molecule has 4 N–H and O–H groups in total. The van der Waals surface area contributed by atoms with E-state index in [2.05, 4.69) is 5.32 Å². The summed E-state index contributed by atoms with van der Waals surface area (Å²) in [5.74, 6) is -1.23. The summed E-state index contributed by atoms with van der Waals surface area (Å²) in [6, 6.07) is 3.26. The monoisotopic (exact) mass is 270 g/mol. The van der Waals surface area contributed by atoms with Crippen LogP contribution in [-0.4, -0.2) is 45.0 Å². The number of carbonyl (C=O) groups is 1. The number of aliphatic hydroxyl groups excluding tert-OH is 2. The number of rotatable bonds is 6. The fraction of sp³-hybridized carbons (Fsp3) is 0.364. The maximum atomic E-state index is 10.9. The van der Waals surface area contributed by atoms with Gasteiger partial charge < -0.3 is 20.6 Å². The number of aliphatic hydroxyl groups is 2. The summed E-state index contributed by atoms with van der Waals surface area (Å²) >= 11 is 0. The number of carboxylic acids is 1. The van der Waals surface area contributed by atoms with E-state index in [-0.39, 0.29) is 16.9 Å². The molecule has 0 saturated heterocycles. The Labute approximate surface area is 108 Å². The highest BCUT2D eigenvalue weighted by molar-refractivity contribution is 5.90. The number of hydrogen-bond donors (Lipinski definition) is 4. The lowest BCUT2D eigenvalue weighted by molar-refractivity contribution is -0.384. The number of benzene rings is 1. The predicted octanol–water partition coefficient (Wildman–Crippen LogP) is 0.448. The van der Waals surface area contributed by atoms with Crippen molar-refractivity contribution in [3.05, 3.63) is 33.9 Å². The van der Waals surface area contributed by atoms with Gasteiger partial charge in [0.05, 0.1) is 29.2 Å². The third-order valence-corrected chi connectivity index (χ3v) is 2.57. The van der Waals surface area contributed by atoms with E-state index in [1.165, 1.54) is 6.92 Å². The summed E-state index contributed by atoms with van der Waals surface area (Å²) < 4.78 is 0. The molecule has 0 spiro atoms. The van der Waals surface area contributed by atoms with E-state index in [0.717, 1.165) is 18.2 Å². The first-order valence-electron chi connectivity index (χ1n) is 5.34. The van der Waals surface area contributed by atoms with Crippen molar-refractivity contribution in [3.63, 3.8) is 0 Å². The van der Waals surface area contributed by atoms with Crippen LogP contribution in [0.15, 0.2) is 18.2 Å². The third kappa shape index (κ3) is 3.39. The molecule has 0 heterocycles. The number of hydrogen-bond acceptors (Lipinski definition) is 6. The van der Waals surface area contributed by atoms with Gasteiger partial charge in [-0.15, -0.1) is 0 Å². The molecule has 19 heavy (non-hydrogen) atoms. The Morgan fingerprint density at radius 3 is 2.42 bits per heavy atom. The van der Waals surface area contributed by atoms with Gasteiger partial charge in [0.2, 0.25) is 0 Å². The zero-order valence-corrected chi connectivity index (χ0v) is 10.2. The molecule has 104 valence electrons. The molecule has 1 rings (SSSR count). The van der Waals surface area contributed by atoms with Crippen LogP contribution in [0.1, 0.15) is 17.3 Å². The number of nitrogens with zero attached hydrogens (tertiary/aromatic N) is 1. The zero-order valence-electron chi connectivity index (χ0n) is 10.2. The van der Waals surface area contributed by atoms with Crippen molar-refractivity contribution < 1.29 is 25.0 Å². The fourth-order valence-corrected chi connectivity index (χ4v) is 1.38. The Hall–Kier alpha value is -2.19. The molecule has 0 aliphatic carbocycles. The van der Waals surface area contributed by atoms with Crippen LogP contribution in [-0.2, 0) is 0 Å². The largest absolute Gasteiger partial charge is 0.478 e. The average Bonchev–Trinajstić information content (AvgIpc) is 2.38. The SMILES string of the molecule is CC(CO)(CO)Nc1cc(C(=O)O)ccc1[N+](=O)[O-]. The van der Waals surface area contributed by atoms with E-state index >= 15 is 0 Å². The lowest BCUT2D eigenvalue weighted by atomic mass is 10.0. The molecule has 0 aliphatic heterocycles. The summed E-state index contributed by atoms with van der Waals surface area (Å²) in [4.78, 5) is 21.0. The van der Waals surface area contributed by atoms with E-state index in [1.54, 1.807) is 0 Å². The van der Waals surface area contributed by atoms with Crippen LogP contribution in [0.3, 0.4) is 0 Å². The second kappa shape index (κ2) is 5.63. The fourth-order valence-electron chi connectivity index (χ4n) is 1.38. The first kappa shape index (κ1) is 14.9. The quantitative estimate of drug-likeness (QED) is 0.435. The van der Waals surface area contributed by atoms with Crippen molar-refractivity contribution in [1.29, 1.82) is 0 Å². The minimum atomic E-state index is -1.23. The Morgan fingerprint density at radius 2 is 2.00 bits per heavy atom. The van der Waals surface area contributed by atoms with E-state index in [1.807, 2.05) is 0 Å². The van der Waals surface area contributed by atoms with Crippen LogP contribution < -0.4 is 5.32 Å². The Balaban J connectivity index is 3.25. The van der Waals surface area contributed by atoms with Gasteiger partial charge in [-0.2, -0.15) is 0 Å². The number of carboxylic acid groups (broad SMARTS) is 1. The smallest absolute Gasteiger partial charge is 0.335 e. The average molecular weight is 270 g/mol. The lowest BCUT2D eigenvalue weighted by Gasteiger charge is -2.27. The highest BCUT2D eigenvalue weighted by Gasteiger charge is 2.26. The van der Waals surface area contributed by atoms with Gasteiger partial charge in [-0.25, -0.2) is 4.79 Å². The van der Waals surface area contributed by atoms with Crippen molar-refractivity contribution in [2.75, 3.05) is 18.5 Å². The molecule has 1 aromatic rings. The highest BCUT2D eigenvalue weighted by Crippen LogP contribution is 2.28. The van der Waals surface area contributed by atoms with Gasteiger partial charge in [-0.1, -0.05) is 0 Å². The van der Waals surface area contributed by atoms with Gasteiger partial charge in [0.15, 0.2) is 0 Å². The van der Waals surface area contributed by atoms with E-state index < -0.39 is 29.6 Å². The van der Waals surface area contributed by atoms with Crippen molar-refractivity contribution in [1.82, 2.24) is 0 Å². The topological polar surface area (TPSA) is 133 Å². The molecule has 0 atom stereocenters. The lowest BCUT2D eigenvalue weighted by Crippen LogP contribution is -2.42. The Bertz CT molecular complexity index is 498. The second-order valence-corrected chi connectivity index (χ2v) is 4.30. The van der Waals surface area contributed by atoms with Gasteiger partial charge in [-0.05, 0) is 19.1 Å². The molecule has 0 fully saturated rings. The molecule has 0 bridgehead atoms. The standard InChI is InChI=1S/C11H14N2O6/c1-11(5-14,6-15)12-8-4-7(10(16)17)2-3-9(8)13(18)19/h2-4,12,14-15H,5-6H2,1H3,(H,16,17). The summed E-state index contributed by atoms with van der Waals surface area (Å²) in [6.07, 6.45) is 0. The van der Waals surface area contributed by atoms with Crippen LogP contribution in [0, 0.1) is 10.1 Å². The van der Waals surface area contributed by atoms with Crippen LogP contribution in [0.5, 0.6) is 0 Å². The molecular weight excluding hydrogens is 256 g/mol. The number of nitrogens with one attached hydrogen (secondary N) is 1. The molecule has 0 unspecified atom stereocenters. The summed E-state index contributed by atoms with van der Waals surface area (Å²) in [6.45, 7) is 0.500. The van der Waals surface area contributed by atoms with Crippen molar-refractivity contribution >= 4 is 17.3 Å². The molecule has 0 saturated carbocycles. The van der Waals surface area contributed by atoms with Gasteiger partial charge in [0, 0.05) is 6.07 Å². The molecule has 0 amide bonds. The molecular formula is C11H14N2O6.